The van der Waals surface area contributed by atoms with Crippen LogP contribution in [0.15, 0.2) is 29.9 Å². The summed E-state index contributed by atoms with van der Waals surface area (Å²) in [5.74, 6) is 0.185. The average Bonchev–Trinajstić information content (AvgIpc) is 2.99. The third kappa shape index (κ3) is 2.33. The van der Waals surface area contributed by atoms with Crippen LogP contribution in [0.3, 0.4) is 0 Å². The number of ether oxygens (including phenoxy) is 1. The molecule has 0 spiro atoms. The van der Waals surface area contributed by atoms with Crippen molar-refractivity contribution in [1.82, 2.24) is 14.6 Å². The first-order valence-corrected chi connectivity index (χ1v) is 6.87. The van der Waals surface area contributed by atoms with Gasteiger partial charge in [-0.25, -0.2) is 9.50 Å². The maximum atomic E-state index is 12.2. The number of halogens is 1. The van der Waals surface area contributed by atoms with Crippen LogP contribution in [0, 0.1) is 0 Å². The first kappa shape index (κ1) is 12.9. The van der Waals surface area contributed by atoms with Crippen molar-refractivity contribution in [2.45, 2.75) is 0 Å². The van der Waals surface area contributed by atoms with Crippen LogP contribution in [-0.4, -0.2) is 27.6 Å². The fourth-order valence-electron chi connectivity index (χ4n) is 1.71. The average molecular weight is 309 g/mol. The highest BCUT2D eigenvalue weighted by molar-refractivity contribution is 7.14. The van der Waals surface area contributed by atoms with Crippen LogP contribution in [0.25, 0.3) is 4.96 Å². The molecule has 2 aromatic heterocycles. The van der Waals surface area contributed by atoms with Gasteiger partial charge in [-0.3, -0.25) is 4.79 Å². The molecule has 0 atom stereocenters. The molecule has 0 aliphatic heterocycles. The minimum Gasteiger partial charge on any atom is -0.495 e. The molecule has 1 amide bonds. The molecular weight excluding hydrogens is 300 g/mol. The van der Waals surface area contributed by atoms with Crippen LogP contribution >= 0.6 is 22.9 Å². The molecule has 3 rings (SSSR count). The second-order valence-corrected chi connectivity index (χ2v) is 5.14. The number of benzene rings is 1. The number of imidazole rings is 1. The van der Waals surface area contributed by atoms with E-state index in [4.69, 9.17) is 16.3 Å². The molecule has 0 saturated heterocycles. The zero-order chi connectivity index (χ0) is 14.1. The Morgan fingerprint density at radius 3 is 3.10 bits per heavy atom. The number of carbonyl (C=O) groups is 1. The summed E-state index contributed by atoms with van der Waals surface area (Å²) in [7, 11) is 1.52. The van der Waals surface area contributed by atoms with E-state index in [1.54, 1.807) is 34.4 Å². The maximum absolute atomic E-state index is 12.2. The first-order chi connectivity index (χ1) is 9.67. The van der Waals surface area contributed by atoms with Crippen LogP contribution in [-0.2, 0) is 0 Å². The first-order valence-electron chi connectivity index (χ1n) is 5.61. The second kappa shape index (κ2) is 5.10. The normalized spacial score (nSPS) is 10.7. The Morgan fingerprint density at radius 1 is 1.50 bits per heavy atom. The van der Waals surface area contributed by atoms with Crippen LogP contribution in [0.2, 0.25) is 5.02 Å². The number of nitrogens with one attached hydrogen (secondary N) is 1. The van der Waals surface area contributed by atoms with Gasteiger partial charge in [0.1, 0.15) is 17.0 Å². The molecule has 0 saturated carbocycles. The molecule has 0 radical (unpaired) electrons. The minimum atomic E-state index is -0.344. The predicted molar refractivity (Wildman–Crippen MR) is 76.8 cm³/mol. The summed E-state index contributed by atoms with van der Waals surface area (Å²) in [4.78, 5) is 17.0. The van der Waals surface area contributed by atoms with Gasteiger partial charge in [0.05, 0.1) is 19.0 Å². The second-order valence-electron chi connectivity index (χ2n) is 3.89. The van der Waals surface area contributed by atoms with E-state index in [9.17, 15) is 4.79 Å². The molecule has 6 nitrogen and oxygen atoms in total. The van der Waals surface area contributed by atoms with Crippen molar-refractivity contribution in [3.63, 3.8) is 0 Å². The number of hydrogen-bond acceptors (Lipinski definition) is 5. The third-order valence-electron chi connectivity index (χ3n) is 2.63. The fraction of sp³-hybridized carbons (Fsp3) is 0.0833. The van der Waals surface area contributed by atoms with Gasteiger partial charge in [-0.2, -0.15) is 5.10 Å². The van der Waals surface area contributed by atoms with Crippen molar-refractivity contribution in [3.05, 3.63) is 40.6 Å². The molecule has 0 aliphatic rings. The van der Waals surface area contributed by atoms with Gasteiger partial charge in [0.2, 0.25) is 4.96 Å². The Kier molecular flexibility index (Phi) is 3.29. The molecule has 3 aromatic rings. The molecule has 0 bridgehead atoms. The van der Waals surface area contributed by atoms with E-state index in [1.807, 2.05) is 0 Å². The molecule has 2 heterocycles. The quantitative estimate of drug-likeness (QED) is 0.807. The van der Waals surface area contributed by atoms with Gasteiger partial charge in [0.15, 0.2) is 0 Å². The summed E-state index contributed by atoms with van der Waals surface area (Å²) in [5.41, 5.74) is 2.44. The zero-order valence-electron chi connectivity index (χ0n) is 10.3. The summed E-state index contributed by atoms with van der Waals surface area (Å²) in [6.07, 6.45) is 1.57. The molecule has 0 aliphatic carbocycles. The molecule has 20 heavy (non-hydrogen) atoms. The Hall–Kier alpha value is -2.12. The Bertz CT molecular complexity index is 754. The van der Waals surface area contributed by atoms with Crippen molar-refractivity contribution in [2.24, 2.45) is 0 Å². The molecule has 1 aromatic carbocycles. The summed E-state index contributed by atoms with van der Waals surface area (Å²) < 4.78 is 6.72. The van der Waals surface area contributed by atoms with Gasteiger partial charge in [-0.15, -0.1) is 0 Å². The molecule has 0 fully saturated rings. The summed E-state index contributed by atoms with van der Waals surface area (Å²) in [6, 6.07) is 4.99. The number of rotatable bonds is 3. The van der Waals surface area contributed by atoms with E-state index in [1.165, 1.54) is 18.4 Å². The topological polar surface area (TPSA) is 68.5 Å². The summed E-state index contributed by atoms with van der Waals surface area (Å²) >= 11 is 7.27. The lowest BCUT2D eigenvalue weighted by atomic mass is 10.3. The number of fused-ring (bicyclic) bond motifs is 1. The van der Waals surface area contributed by atoms with Gasteiger partial charge in [0, 0.05) is 5.02 Å². The molecule has 8 heteroatoms. The smallest absolute Gasteiger partial charge is 0.276 e. The Morgan fingerprint density at radius 2 is 2.35 bits per heavy atom. The van der Waals surface area contributed by atoms with E-state index in [0.717, 1.165) is 0 Å². The number of amides is 1. The molecule has 1 N–H and O–H groups in total. The van der Waals surface area contributed by atoms with Gasteiger partial charge in [0.25, 0.3) is 5.91 Å². The summed E-state index contributed by atoms with van der Waals surface area (Å²) in [5, 5.41) is 7.25. The number of hydrogen-bond donors (Lipinski definition) is 1. The highest BCUT2D eigenvalue weighted by Gasteiger charge is 2.14. The van der Waals surface area contributed by atoms with Crippen LogP contribution in [0.4, 0.5) is 5.69 Å². The van der Waals surface area contributed by atoms with Crippen LogP contribution in [0.5, 0.6) is 5.75 Å². The zero-order valence-corrected chi connectivity index (χ0v) is 11.9. The molecule has 0 unspecified atom stereocenters. The number of anilines is 1. The predicted octanol–water partition coefficient (Wildman–Crippen LogP) is 2.71. The third-order valence-corrected chi connectivity index (χ3v) is 3.55. The van der Waals surface area contributed by atoms with Crippen LogP contribution in [0.1, 0.15) is 10.5 Å². The van der Waals surface area contributed by atoms with Crippen LogP contribution < -0.4 is 10.1 Å². The van der Waals surface area contributed by atoms with Gasteiger partial charge in [-0.1, -0.05) is 22.9 Å². The van der Waals surface area contributed by atoms with Gasteiger partial charge < -0.3 is 10.1 Å². The molecule has 102 valence electrons. The van der Waals surface area contributed by atoms with E-state index in [2.05, 4.69) is 15.4 Å². The Balaban J connectivity index is 1.88. The molecular formula is C12H9ClN4O2S. The van der Waals surface area contributed by atoms with E-state index < -0.39 is 0 Å². The maximum Gasteiger partial charge on any atom is 0.276 e. The highest BCUT2D eigenvalue weighted by atomic mass is 35.5. The van der Waals surface area contributed by atoms with Crippen molar-refractivity contribution >= 4 is 39.5 Å². The standard InChI is InChI=1S/C12H9ClN4O2S/c1-19-10-3-2-7(13)4-8(10)15-11(18)9-5-17-12(16-9)20-6-14-17/h2-6H,1H3,(H,15,18). The van der Waals surface area contributed by atoms with E-state index >= 15 is 0 Å². The highest BCUT2D eigenvalue weighted by Crippen LogP contribution is 2.28. The van der Waals surface area contributed by atoms with Crippen molar-refractivity contribution in [1.29, 1.82) is 0 Å². The van der Waals surface area contributed by atoms with E-state index in [-0.39, 0.29) is 11.6 Å². The number of carbonyl (C=O) groups excluding carboxylic acids is 1. The van der Waals surface area contributed by atoms with Gasteiger partial charge >= 0.3 is 0 Å². The number of aromatic nitrogens is 3. The largest absolute Gasteiger partial charge is 0.495 e. The number of methoxy groups -OCH3 is 1. The van der Waals surface area contributed by atoms with Crippen molar-refractivity contribution in [2.75, 3.05) is 12.4 Å². The monoisotopic (exact) mass is 308 g/mol. The lowest BCUT2D eigenvalue weighted by molar-refractivity contribution is 0.102. The Labute approximate surface area is 123 Å². The lowest BCUT2D eigenvalue weighted by Crippen LogP contribution is -2.13. The van der Waals surface area contributed by atoms with Gasteiger partial charge in [-0.05, 0) is 18.2 Å². The minimum absolute atomic E-state index is 0.284. The summed E-state index contributed by atoms with van der Waals surface area (Å²) in [6.45, 7) is 0. The lowest BCUT2D eigenvalue weighted by Gasteiger charge is -2.09. The van der Waals surface area contributed by atoms with Crippen molar-refractivity contribution < 1.29 is 9.53 Å². The van der Waals surface area contributed by atoms with Crippen molar-refractivity contribution in [3.8, 4) is 5.75 Å². The SMILES string of the molecule is COc1ccc(Cl)cc1NC(=O)c1cn2ncsc2n1. The number of nitrogens with zero attached hydrogens (tertiary/aromatic N) is 3. The van der Waals surface area contributed by atoms with E-state index in [0.29, 0.717) is 21.4 Å². The fourth-order valence-corrected chi connectivity index (χ4v) is 2.49.